The summed E-state index contributed by atoms with van der Waals surface area (Å²) in [6, 6.07) is 15.8. The fourth-order valence-electron chi connectivity index (χ4n) is 4.17. The third-order valence-electron chi connectivity index (χ3n) is 5.55. The van der Waals surface area contributed by atoms with Gasteiger partial charge in [-0.2, -0.15) is 0 Å². The molecule has 4 nitrogen and oxygen atoms in total. The summed E-state index contributed by atoms with van der Waals surface area (Å²) in [5, 5.41) is 8.98. The first kappa shape index (κ1) is 20.0. The molecule has 146 valence electrons. The zero-order valence-corrected chi connectivity index (χ0v) is 16.5. The Balaban J connectivity index is 1.99. The number of rotatable bonds is 8. The molecule has 28 heavy (non-hydrogen) atoms. The largest absolute Gasteiger partial charge is 0.481 e. The van der Waals surface area contributed by atoms with Crippen molar-refractivity contribution in [3.8, 4) is 0 Å². The molecule has 0 radical (unpaired) electrons. The van der Waals surface area contributed by atoms with Gasteiger partial charge in [0.1, 0.15) is 6.04 Å². The summed E-state index contributed by atoms with van der Waals surface area (Å²) in [4.78, 5) is 28.6. The average molecular weight is 377 g/mol. The molecule has 0 bridgehead atoms. The Labute approximate surface area is 166 Å². The van der Waals surface area contributed by atoms with E-state index in [-0.39, 0.29) is 24.5 Å². The normalized spacial score (nSPS) is 18.7. The first-order chi connectivity index (χ1) is 13.5. The van der Waals surface area contributed by atoms with Gasteiger partial charge in [-0.3, -0.25) is 14.6 Å². The van der Waals surface area contributed by atoms with E-state index in [1.54, 1.807) is 0 Å². The molecule has 0 saturated carbocycles. The number of hydrogen-bond donors (Lipinski definition) is 1. The van der Waals surface area contributed by atoms with Gasteiger partial charge in [-0.25, -0.2) is 0 Å². The van der Waals surface area contributed by atoms with Crippen LogP contribution in [-0.4, -0.2) is 28.6 Å². The number of aliphatic imine (C=N–C) groups is 1. The van der Waals surface area contributed by atoms with Gasteiger partial charge in [-0.05, 0) is 41.5 Å². The summed E-state index contributed by atoms with van der Waals surface area (Å²) in [6.45, 7) is 4.29. The Morgan fingerprint density at radius 3 is 2.39 bits per heavy atom. The summed E-state index contributed by atoms with van der Waals surface area (Å²) in [6.07, 6.45) is 2.44. The van der Waals surface area contributed by atoms with Crippen molar-refractivity contribution >= 4 is 17.5 Å². The Bertz CT molecular complexity index is 886. The Kier molecular flexibility index (Phi) is 6.40. The molecular weight excluding hydrogens is 350 g/mol. The van der Waals surface area contributed by atoms with E-state index in [0.717, 1.165) is 24.1 Å². The highest BCUT2D eigenvalue weighted by Crippen LogP contribution is 2.37. The fourth-order valence-corrected chi connectivity index (χ4v) is 4.17. The topological polar surface area (TPSA) is 66.7 Å². The summed E-state index contributed by atoms with van der Waals surface area (Å²) in [5.74, 6) is -1.06. The summed E-state index contributed by atoms with van der Waals surface area (Å²) < 4.78 is 0. The number of aliphatic carboxylic acids is 1. The van der Waals surface area contributed by atoms with Crippen LogP contribution in [0.3, 0.4) is 0 Å². The number of hydrogen-bond acceptors (Lipinski definition) is 3. The molecule has 2 atom stereocenters. The number of ketones is 1. The van der Waals surface area contributed by atoms with Crippen molar-refractivity contribution in [2.45, 2.75) is 57.9 Å². The highest BCUT2D eigenvalue weighted by molar-refractivity contribution is 6.05. The number of carbonyl (C=O) groups excluding carboxylic acids is 1. The van der Waals surface area contributed by atoms with Crippen LogP contribution in [0.5, 0.6) is 0 Å². The Morgan fingerprint density at radius 2 is 1.75 bits per heavy atom. The maximum atomic E-state index is 12.9. The maximum Gasteiger partial charge on any atom is 0.303 e. The molecular formula is C24H27NO3. The van der Waals surface area contributed by atoms with Gasteiger partial charge in [0.15, 0.2) is 5.78 Å². The lowest BCUT2D eigenvalue weighted by Crippen LogP contribution is -2.25. The minimum atomic E-state index is -0.947. The number of carboxylic acids is 1. The molecule has 1 heterocycles. The van der Waals surface area contributed by atoms with E-state index in [2.05, 4.69) is 32.0 Å². The SMILES string of the molecule is CCc1cccc(C2CC(c3ccccc3)=NC2C(=O)CCC(=O)O)c1CC. The minimum Gasteiger partial charge on any atom is -0.481 e. The molecule has 3 rings (SSSR count). The Hall–Kier alpha value is -2.75. The highest BCUT2D eigenvalue weighted by Gasteiger charge is 2.36. The lowest BCUT2D eigenvalue weighted by molar-refractivity contribution is -0.138. The van der Waals surface area contributed by atoms with E-state index in [4.69, 9.17) is 10.1 Å². The van der Waals surface area contributed by atoms with Crippen LogP contribution in [0.15, 0.2) is 53.5 Å². The third kappa shape index (κ3) is 4.22. The van der Waals surface area contributed by atoms with E-state index < -0.39 is 12.0 Å². The van der Waals surface area contributed by atoms with Gasteiger partial charge in [0.2, 0.25) is 0 Å². The minimum absolute atomic E-state index is 0.0248. The lowest BCUT2D eigenvalue weighted by atomic mass is 9.81. The van der Waals surface area contributed by atoms with Crippen LogP contribution in [0.2, 0.25) is 0 Å². The first-order valence-electron chi connectivity index (χ1n) is 10.0. The maximum absolute atomic E-state index is 12.9. The molecule has 0 aliphatic carbocycles. The van der Waals surface area contributed by atoms with Crippen molar-refractivity contribution in [3.63, 3.8) is 0 Å². The molecule has 0 saturated heterocycles. The second-order valence-electron chi connectivity index (χ2n) is 7.25. The number of Topliss-reactive ketones (excluding diaryl/α,β-unsaturated/α-hetero) is 1. The number of nitrogens with zero attached hydrogens (tertiary/aromatic N) is 1. The van der Waals surface area contributed by atoms with Crippen LogP contribution in [0.1, 0.15) is 61.3 Å². The van der Waals surface area contributed by atoms with Crippen LogP contribution in [0.4, 0.5) is 0 Å². The number of carboxylic acid groups (broad SMARTS) is 1. The van der Waals surface area contributed by atoms with Crippen LogP contribution in [0.25, 0.3) is 0 Å². The van der Waals surface area contributed by atoms with Gasteiger partial charge in [-0.15, -0.1) is 0 Å². The second kappa shape index (κ2) is 8.96. The van der Waals surface area contributed by atoms with Gasteiger partial charge < -0.3 is 5.11 Å². The molecule has 2 aromatic carbocycles. The zero-order chi connectivity index (χ0) is 20.1. The summed E-state index contributed by atoms with van der Waals surface area (Å²) in [7, 11) is 0. The monoisotopic (exact) mass is 377 g/mol. The summed E-state index contributed by atoms with van der Waals surface area (Å²) in [5.41, 5.74) is 5.76. The first-order valence-corrected chi connectivity index (χ1v) is 10.0. The smallest absolute Gasteiger partial charge is 0.303 e. The van der Waals surface area contributed by atoms with Crippen molar-refractivity contribution in [1.82, 2.24) is 0 Å². The van der Waals surface area contributed by atoms with E-state index >= 15 is 0 Å². The molecule has 2 unspecified atom stereocenters. The molecule has 0 aromatic heterocycles. The fraction of sp³-hybridized carbons (Fsp3) is 0.375. The average Bonchev–Trinajstić information content (AvgIpc) is 3.17. The van der Waals surface area contributed by atoms with Crippen LogP contribution >= 0.6 is 0 Å². The molecule has 1 aliphatic heterocycles. The standard InChI is InChI=1S/C24H27NO3/c1-3-16-11-8-12-19(18(16)4-2)20-15-21(17-9-6-5-7-10-17)25-24(20)22(26)13-14-23(27)28/h5-12,20,24H,3-4,13-15H2,1-2H3,(H,27,28). The predicted molar refractivity (Wildman–Crippen MR) is 111 cm³/mol. The molecule has 0 spiro atoms. The zero-order valence-electron chi connectivity index (χ0n) is 16.5. The van der Waals surface area contributed by atoms with E-state index in [9.17, 15) is 9.59 Å². The number of benzene rings is 2. The molecule has 1 N–H and O–H groups in total. The van der Waals surface area contributed by atoms with Crippen LogP contribution in [-0.2, 0) is 22.4 Å². The Morgan fingerprint density at radius 1 is 1.00 bits per heavy atom. The quantitative estimate of drug-likeness (QED) is 0.732. The van der Waals surface area contributed by atoms with Gasteiger partial charge in [0.05, 0.1) is 6.42 Å². The molecule has 0 fully saturated rings. The molecule has 0 amide bonds. The number of carbonyl (C=O) groups is 2. The second-order valence-corrected chi connectivity index (χ2v) is 7.25. The lowest BCUT2D eigenvalue weighted by Gasteiger charge is -2.22. The van der Waals surface area contributed by atoms with E-state index in [1.807, 2.05) is 30.3 Å². The highest BCUT2D eigenvalue weighted by atomic mass is 16.4. The molecule has 4 heteroatoms. The van der Waals surface area contributed by atoms with Gasteiger partial charge in [0.25, 0.3) is 0 Å². The summed E-state index contributed by atoms with van der Waals surface area (Å²) >= 11 is 0. The number of aryl methyl sites for hydroxylation is 1. The van der Waals surface area contributed by atoms with Crippen molar-refractivity contribution in [1.29, 1.82) is 0 Å². The van der Waals surface area contributed by atoms with Crippen LogP contribution < -0.4 is 0 Å². The van der Waals surface area contributed by atoms with Gasteiger partial charge in [-0.1, -0.05) is 62.4 Å². The molecule has 1 aliphatic rings. The van der Waals surface area contributed by atoms with Crippen molar-refractivity contribution in [2.24, 2.45) is 4.99 Å². The van der Waals surface area contributed by atoms with Gasteiger partial charge >= 0.3 is 5.97 Å². The predicted octanol–water partition coefficient (Wildman–Crippen LogP) is 4.59. The van der Waals surface area contributed by atoms with Crippen molar-refractivity contribution in [3.05, 3.63) is 70.8 Å². The van der Waals surface area contributed by atoms with Crippen LogP contribution in [0, 0.1) is 0 Å². The van der Waals surface area contributed by atoms with Gasteiger partial charge in [0, 0.05) is 18.1 Å². The van der Waals surface area contributed by atoms with E-state index in [0.29, 0.717) is 6.42 Å². The van der Waals surface area contributed by atoms with Crippen molar-refractivity contribution in [2.75, 3.05) is 0 Å². The van der Waals surface area contributed by atoms with Crippen molar-refractivity contribution < 1.29 is 14.7 Å². The third-order valence-corrected chi connectivity index (χ3v) is 5.55. The molecule has 2 aromatic rings. The van der Waals surface area contributed by atoms with E-state index in [1.165, 1.54) is 16.7 Å².